The van der Waals surface area contributed by atoms with Crippen LogP contribution in [0.5, 0.6) is 0 Å². The highest BCUT2D eigenvalue weighted by molar-refractivity contribution is 6.07. The highest BCUT2D eigenvalue weighted by atomic mass is 16.6. The molecular weight excluding hydrogens is 428 g/mol. The highest BCUT2D eigenvalue weighted by Crippen LogP contribution is 2.43. The number of amides is 3. The first-order chi connectivity index (χ1) is 15.1. The molecule has 1 saturated heterocycles. The second kappa shape index (κ2) is 10.2. The molecule has 1 heterocycles. The van der Waals surface area contributed by atoms with E-state index in [1.165, 1.54) is 0 Å². The molecule has 0 aromatic heterocycles. The number of Topliss-reactive ketones (excluding diaryl/α,β-unsaturated/α-hetero) is 1. The van der Waals surface area contributed by atoms with Crippen LogP contribution in [0.25, 0.3) is 0 Å². The van der Waals surface area contributed by atoms with Crippen LogP contribution in [0.2, 0.25) is 0 Å². The standard InChI is InChI=1S/C13H20N2O4.C11H18O3/c1-12(2,3)19-9(16)6-7-13(8-4-5-8)10(17)14-11(18)15-13;1-11(2,3)14-10(13)7-6-9(12)8-4-5-8/h8H,4-7H2,1-3H3,(H2,14,15,17,18);8H,4-7H2,1-3H3. The Kier molecular flexibility index (Phi) is 8.30. The maximum atomic E-state index is 11.9. The van der Waals surface area contributed by atoms with Crippen LogP contribution >= 0.6 is 0 Å². The van der Waals surface area contributed by atoms with Gasteiger partial charge in [0.1, 0.15) is 22.5 Å². The molecular formula is C24H38N2O7. The lowest BCUT2D eigenvalue weighted by molar-refractivity contribution is -0.156. The zero-order chi connectivity index (χ0) is 25.0. The van der Waals surface area contributed by atoms with Gasteiger partial charge in [0.2, 0.25) is 0 Å². The van der Waals surface area contributed by atoms with Crippen molar-refractivity contribution in [3.05, 3.63) is 0 Å². The molecule has 2 N–H and O–H groups in total. The van der Waals surface area contributed by atoms with E-state index in [4.69, 9.17) is 9.47 Å². The van der Waals surface area contributed by atoms with Crippen molar-refractivity contribution in [1.29, 1.82) is 0 Å². The van der Waals surface area contributed by atoms with E-state index >= 15 is 0 Å². The van der Waals surface area contributed by atoms with Crippen molar-refractivity contribution < 1.29 is 33.4 Å². The number of imide groups is 1. The average Bonchev–Trinajstić information content (AvgIpc) is 3.53. The Balaban J connectivity index is 0.000000245. The molecule has 1 unspecified atom stereocenters. The summed E-state index contributed by atoms with van der Waals surface area (Å²) in [6.07, 6.45) is 4.82. The third kappa shape index (κ3) is 9.14. The summed E-state index contributed by atoms with van der Waals surface area (Å²) in [7, 11) is 0. The molecule has 0 aromatic carbocycles. The number of ketones is 1. The highest BCUT2D eigenvalue weighted by Gasteiger charge is 2.55. The maximum absolute atomic E-state index is 11.9. The summed E-state index contributed by atoms with van der Waals surface area (Å²) in [6, 6.07) is -0.471. The fourth-order valence-electron chi connectivity index (χ4n) is 3.67. The van der Waals surface area contributed by atoms with Crippen LogP contribution in [-0.2, 0) is 28.7 Å². The first kappa shape index (κ1) is 26.8. The Hall–Kier alpha value is -2.45. The normalized spacial score (nSPS) is 22.5. The Morgan fingerprint density at radius 3 is 1.76 bits per heavy atom. The van der Waals surface area contributed by atoms with Crippen LogP contribution in [0.1, 0.15) is 92.9 Å². The molecule has 186 valence electrons. The molecule has 2 aliphatic carbocycles. The first-order valence-corrected chi connectivity index (χ1v) is 11.7. The summed E-state index contributed by atoms with van der Waals surface area (Å²) in [5.74, 6) is -0.328. The summed E-state index contributed by atoms with van der Waals surface area (Å²) < 4.78 is 10.3. The number of carbonyl (C=O) groups excluding carboxylic acids is 5. The van der Waals surface area contributed by atoms with E-state index in [0.29, 0.717) is 12.8 Å². The van der Waals surface area contributed by atoms with Crippen molar-refractivity contribution in [2.75, 3.05) is 0 Å². The van der Waals surface area contributed by atoms with Crippen LogP contribution < -0.4 is 10.6 Å². The van der Waals surface area contributed by atoms with Gasteiger partial charge < -0.3 is 14.8 Å². The summed E-state index contributed by atoms with van der Waals surface area (Å²) in [4.78, 5) is 57.5. The minimum atomic E-state index is -0.909. The predicted molar refractivity (Wildman–Crippen MR) is 120 cm³/mol. The van der Waals surface area contributed by atoms with E-state index in [9.17, 15) is 24.0 Å². The molecule has 33 heavy (non-hydrogen) atoms. The quantitative estimate of drug-likeness (QED) is 0.415. The van der Waals surface area contributed by atoms with Gasteiger partial charge in [-0.1, -0.05) is 0 Å². The second-order valence-electron chi connectivity index (χ2n) is 11.1. The third-order valence-corrected chi connectivity index (χ3v) is 5.41. The number of hydrogen-bond acceptors (Lipinski definition) is 7. The topological polar surface area (TPSA) is 128 Å². The van der Waals surface area contributed by atoms with Crippen molar-refractivity contribution in [3.8, 4) is 0 Å². The van der Waals surface area contributed by atoms with Crippen molar-refractivity contribution in [1.82, 2.24) is 10.6 Å². The number of hydrogen-bond donors (Lipinski definition) is 2. The molecule has 0 aromatic rings. The van der Waals surface area contributed by atoms with E-state index in [1.807, 2.05) is 20.8 Å². The lowest BCUT2D eigenvalue weighted by Gasteiger charge is -2.26. The zero-order valence-electron chi connectivity index (χ0n) is 20.7. The predicted octanol–water partition coefficient (Wildman–Crippen LogP) is 3.18. The molecule has 0 bridgehead atoms. The Bertz CT molecular complexity index is 786. The van der Waals surface area contributed by atoms with Gasteiger partial charge >= 0.3 is 18.0 Å². The molecule has 0 spiro atoms. The van der Waals surface area contributed by atoms with E-state index in [2.05, 4.69) is 10.6 Å². The minimum Gasteiger partial charge on any atom is -0.460 e. The van der Waals surface area contributed by atoms with Gasteiger partial charge in [-0.05, 0) is 79.6 Å². The lowest BCUT2D eigenvalue weighted by Crippen LogP contribution is -2.49. The van der Waals surface area contributed by atoms with Crippen molar-refractivity contribution in [3.63, 3.8) is 0 Å². The Labute approximate surface area is 195 Å². The molecule has 1 aliphatic heterocycles. The van der Waals surface area contributed by atoms with Crippen molar-refractivity contribution in [2.24, 2.45) is 11.8 Å². The van der Waals surface area contributed by atoms with Crippen molar-refractivity contribution in [2.45, 2.75) is 110 Å². The number of ether oxygens (including phenoxy) is 2. The van der Waals surface area contributed by atoms with Gasteiger partial charge in [-0.2, -0.15) is 0 Å². The molecule has 3 aliphatic rings. The third-order valence-electron chi connectivity index (χ3n) is 5.41. The number of nitrogens with one attached hydrogen (secondary N) is 2. The van der Waals surface area contributed by atoms with Crippen LogP contribution in [0, 0.1) is 11.8 Å². The molecule has 3 rings (SSSR count). The maximum Gasteiger partial charge on any atom is 0.322 e. The summed E-state index contributed by atoms with van der Waals surface area (Å²) in [6.45, 7) is 10.9. The largest absolute Gasteiger partial charge is 0.460 e. The van der Waals surface area contributed by atoms with E-state index in [1.54, 1.807) is 20.8 Å². The number of esters is 2. The van der Waals surface area contributed by atoms with Crippen LogP contribution in [0.4, 0.5) is 4.79 Å². The monoisotopic (exact) mass is 466 g/mol. The van der Waals surface area contributed by atoms with E-state index in [0.717, 1.165) is 25.7 Å². The fourth-order valence-corrected chi connectivity index (χ4v) is 3.67. The summed E-state index contributed by atoms with van der Waals surface area (Å²) in [5.41, 5.74) is -1.89. The summed E-state index contributed by atoms with van der Waals surface area (Å²) >= 11 is 0. The van der Waals surface area contributed by atoms with Gasteiger partial charge in [-0.25, -0.2) is 4.79 Å². The second-order valence-corrected chi connectivity index (χ2v) is 11.1. The molecule has 1 atom stereocenters. The van der Waals surface area contributed by atoms with E-state index in [-0.39, 0.29) is 48.3 Å². The van der Waals surface area contributed by atoms with Crippen molar-refractivity contribution >= 4 is 29.7 Å². The van der Waals surface area contributed by atoms with Gasteiger partial charge in [0.05, 0.1) is 6.42 Å². The number of urea groups is 1. The van der Waals surface area contributed by atoms with Crippen LogP contribution in [-0.4, -0.2) is 46.4 Å². The SMILES string of the molecule is CC(C)(C)OC(=O)CCC(=O)C1CC1.CC(C)(C)OC(=O)CCC1(C2CC2)NC(=O)NC1=O. The van der Waals surface area contributed by atoms with Gasteiger partial charge in [-0.15, -0.1) is 0 Å². The summed E-state index contributed by atoms with van der Waals surface area (Å²) in [5, 5.41) is 4.95. The lowest BCUT2D eigenvalue weighted by atomic mass is 9.88. The smallest absolute Gasteiger partial charge is 0.322 e. The average molecular weight is 467 g/mol. The Morgan fingerprint density at radius 2 is 1.36 bits per heavy atom. The molecule has 3 fully saturated rings. The minimum absolute atomic E-state index is 0.126. The van der Waals surface area contributed by atoms with E-state index < -0.39 is 22.8 Å². The van der Waals surface area contributed by atoms with Gasteiger partial charge in [0, 0.05) is 18.8 Å². The fraction of sp³-hybridized carbons (Fsp3) is 0.792. The van der Waals surface area contributed by atoms with Gasteiger partial charge in [0.15, 0.2) is 0 Å². The van der Waals surface area contributed by atoms with Gasteiger partial charge in [0.25, 0.3) is 5.91 Å². The molecule has 0 radical (unpaired) electrons. The zero-order valence-corrected chi connectivity index (χ0v) is 20.7. The number of rotatable bonds is 8. The van der Waals surface area contributed by atoms with Gasteiger partial charge in [-0.3, -0.25) is 24.5 Å². The van der Waals surface area contributed by atoms with Crippen LogP contribution in [0.15, 0.2) is 0 Å². The van der Waals surface area contributed by atoms with Crippen LogP contribution in [0.3, 0.4) is 0 Å². The number of carbonyl (C=O) groups is 5. The molecule has 2 saturated carbocycles. The molecule has 3 amide bonds. The molecule has 9 nitrogen and oxygen atoms in total. The Morgan fingerprint density at radius 1 is 0.848 bits per heavy atom. The first-order valence-electron chi connectivity index (χ1n) is 11.7. The molecule has 9 heteroatoms.